The Morgan fingerprint density at radius 1 is 1.21 bits per heavy atom. The molecule has 8 heteroatoms. The average molecular weight is 444 g/mol. The number of non-ortho nitro benzene ring substituents is 1. The van der Waals surface area contributed by atoms with E-state index in [0.717, 1.165) is 5.56 Å². The molecule has 1 heterocycles. The Morgan fingerprint density at radius 3 is 2.61 bits per heavy atom. The molecule has 168 valence electrons. The summed E-state index contributed by atoms with van der Waals surface area (Å²) in [6.07, 6.45) is 0.852. The summed E-state index contributed by atoms with van der Waals surface area (Å²) in [6, 6.07) is 15.5. The molecule has 8 nitrogen and oxygen atoms in total. The van der Waals surface area contributed by atoms with Gasteiger partial charge in [-0.25, -0.2) is 0 Å². The number of nitro groups is 1. The summed E-state index contributed by atoms with van der Waals surface area (Å²) in [5, 5.41) is 21.5. The zero-order valence-corrected chi connectivity index (χ0v) is 18.7. The van der Waals surface area contributed by atoms with Crippen LogP contribution in [0.4, 0.5) is 11.4 Å². The van der Waals surface area contributed by atoms with Crippen LogP contribution < -0.4 is 15.4 Å². The van der Waals surface area contributed by atoms with Crippen LogP contribution in [-0.2, 0) is 4.79 Å². The number of benzene rings is 2. The number of Topliss-reactive ketones (excluding diaryl/α,β-unsaturated/α-hetero) is 1. The van der Waals surface area contributed by atoms with Gasteiger partial charge < -0.3 is 10.5 Å². The van der Waals surface area contributed by atoms with E-state index in [1.165, 1.54) is 12.1 Å². The van der Waals surface area contributed by atoms with Crippen LogP contribution in [-0.4, -0.2) is 17.8 Å². The molecule has 1 atom stereocenters. The quantitative estimate of drug-likeness (QED) is 0.542. The van der Waals surface area contributed by atoms with Crippen LogP contribution in [0.5, 0.6) is 5.75 Å². The zero-order valence-electron chi connectivity index (χ0n) is 18.7. The molecule has 4 rings (SSSR count). The molecule has 1 aliphatic heterocycles. The van der Waals surface area contributed by atoms with Crippen molar-refractivity contribution in [2.45, 2.75) is 32.6 Å². The SMILES string of the molecule is COc1cccc([C@@H]2C(C#N)=C(N)N(c3cccc([N+](=O)[O-])c3)C3=C2C(=O)CC(C)(C)C3)c1. The summed E-state index contributed by atoms with van der Waals surface area (Å²) >= 11 is 0. The first-order valence-electron chi connectivity index (χ1n) is 10.5. The second-order valence-electron chi connectivity index (χ2n) is 9.03. The molecular formula is C25H24N4O4. The number of nitro benzene ring substituents is 1. The molecule has 0 aromatic heterocycles. The van der Waals surface area contributed by atoms with E-state index in [0.29, 0.717) is 35.5 Å². The largest absolute Gasteiger partial charge is 0.497 e. The number of hydrogen-bond acceptors (Lipinski definition) is 7. The van der Waals surface area contributed by atoms with Gasteiger partial charge in [-0.2, -0.15) is 5.26 Å². The van der Waals surface area contributed by atoms with Crippen molar-refractivity contribution in [1.82, 2.24) is 0 Å². The molecule has 0 radical (unpaired) electrons. The lowest BCUT2D eigenvalue weighted by Crippen LogP contribution is -2.42. The number of carbonyl (C=O) groups excluding carboxylic acids is 1. The molecule has 0 saturated heterocycles. The monoisotopic (exact) mass is 444 g/mol. The fourth-order valence-corrected chi connectivity index (χ4v) is 4.70. The summed E-state index contributed by atoms with van der Waals surface area (Å²) in [4.78, 5) is 26.0. The van der Waals surface area contributed by atoms with Gasteiger partial charge in [0.1, 0.15) is 11.6 Å². The number of allylic oxidation sites excluding steroid dienone is 3. The molecular weight excluding hydrogens is 420 g/mol. The van der Waals surface area contributed by atoms with Crippen molar-refractivity contribution in [2.75, 3.05) is 12.0 Å². The van der Waals surface area contributed by atoms with Crippen LogP contribution in [0.2, 0.25) is 0 Å². The molecule has 33 heavy (non-hydrogen) atoms. The van der Waals surface area contributed by atoms with Crippen molar-refractivity contribution >= 4 is 17.2 Å². The maximum Gasteiger partial charge on any atom is 0.271 e. The normalized spacial score (nSPS) is 19.8. The topological polar surface area (TPSA) is 122 Å². The number of nitriles is 1. The van der Waals surface area contributed by atoms with Crippen LogP contribution in [0.1, 0.15) is 38.2 Å². The molecule has 2 aromatic carbocycles. The molecule has 1 aliphatic carbocycles. The van der Waals surface area contributed by atoms with Crippen molar-refractivity contribution < 1.29 is 14.5 Å². The van der Waals surface area contributed by atoms with E-state index in [1.807, 2.05) is 26.0 Å². The van der Waals surface area contributed by atoms with Gasteiger partial charge in [-0.3, -0.25) is 19.8 Å². The Labute approximate surface area is 191 Å². The molecule has 2 aromatic rings. The third-order valence-electron chi connectivity index (χ3n) is 6.11. The van der Waals surface area contributed by atoms with E-state index >= 15 is 0 Å². The van der Waals surface area contributed by atoms with Crippen LogP contribution in [0.3, 0.4) is 0 Å². The molecule has 0 bridgehead atoms. The fraction of sp³-hybridized carbons (Fsp3) is 0.280. The van der Waals surface area contributed by atoms with Crippen molar-refractivity contribution in [3.8, 4) is 11.8 Å². The minimum absolute atomic E-state index is 0.0650. The second-order valence-corrected chi connectivity index (χ2v) is 9.03. The first kappa shape index (κ1) is 22.1. The predicted molar refractivity (Wildman–Crippen MR) is 123 cm³/mol. The highest BCUT2D eigenvalue weighted by Crippen LogP contribution is 2.50. The fourth-order valence-electron chi connectivity index (χ4n) is 4.70. The van der Waals surface area contributed by atoms with Crippen LogP contribution >= 0.6 is 0 Å². The van der Waals surface area contributed by atoms with E-state index in [1.54, 1.807) is 36.3 Å². The number of carbonyl (C=O) groups is 1. The molecule has 0 amide bonds. The summed E-state index contributed by atoms with van der Waals surface area (Å²) < 4.78 is 5.36. The summed E-state index contributed by atoms with van der Waals surface area (Å²) in [5.41, 5.74) is 8.70. The highest BCUT2D eigenvalue weighted by atomic mass is 16.6. The van der Waals surface area contributed by atoms with Crippen LogP contribution in [0.25, 0.3) is 0 Å². The molecule has 2 aliphatic rings. The molecule has 0 spiro atoms. The van der Waals surface area contributed by atoms with Crippen molar-refractivity contribution in [3.63, 3.8) is 0 Å². The van der Waals surface area contributed by atoms with Crippen LogP contribution in [0, 0.1) is 26.9 Å². The van der Waals surface area contributed by atoms with E-state index in [-0.39, 0.29) is 28.3 Å². The summed E-state index contributed by atoms with van der Waals surface area (Å²) in [5.74, 6) is 0.0636. The van der Waals surface area contributed by atoms with E-state index in [2.05, 4.69) is 6.07 Å². The predicted octanol–water partition coefficient (Wildman–Crippen LogP) is 4.54. The minimum atomic E-state index is -0.640. The number of ketones is 1. The van der Waals surface area contributed by atoms with E-state index in [4.69, 9.17) is 10.5 Å². The highest BCUT2D eigenvalue weighted by Gasteiger charge is 2.44. The lowest BCUT2D eigenvalue weighted by Gasteiger charge is -2.43. The lowest BCUT2D eigenvalue weighted by molar-refractivity contribution is -0.384. The van der Waals surface area contributed by atoms with Crippen molar-refractivity contribution in [2.24, 2.45) is 11.1 Å². The minimum Gasteiger partial charge on any atom is -0.497 e. The van der Waals surface area contributed by atoms with Crippen LogP contribution in [0.15, 0.2) is 71.2 Å². The van der Waals surface area contributed by atoms with Gasteiger partial charge in [-0.05, 0) is 35.6 Å². The third kappa shape index (κ3) is 3.82. The van der Waals surface area contributed by atoms with Crippen molar-refractivity contribution in [1.29, 1.82) is 5.26 Å². The van der Waals surface area contributed by atoms with Gasteiger partial charge in [0, 0.05) is 29.8 Å². The van der Waals surface area contributed by atoms with E-state index < -0.39 is 10.8 Å². The van der Waals surface area contributed by atoms with Gasteiger partial charge in [-0.1, -0.05) is 32.0 Å². The van der Waals surface area contributed by atoms with Gasteiger partial charge in [0.25, 0.3) is 5.69 Å². The number of nitrogens with zero attached hydrogens (tertiary/aromatic N) is 3. The number of anilines is 1. The number of hydrogen-bond donors (Lipinski definition) is 1. The number of nitrogens with two attached hydrogens (primary N) is 1. The first-order chi connectivity index (χ1) is 15.7. The highest BCUT2D eigenvalue weighted by molar-refractivity contribution is 6.01. The Bertz CT molecular complexity index is 1270. The van der Waals surface area contributed by atoms with Crippen molar-refractivity contribution in [3.05, 3.63) is 86.9 Å². The smallest absolute Gasteiger partial charge is 0.271 e. The van der Waals surface area contributed by atoms with Gasteiger partial charge >= 0.3 is 0 Å². The maximum absolute atomic E-state index is 13.5. The Balaban J connectivity index is 2.00. The average Bonchev–Trinajstić information content (AvgIpc) is 2.77. The van der Waals surface area contributed by atoms with Gasteiger partial charge in [0.2, 0.25) is 0 Å². The number of rotatable bonds is 4. The molecule has 0 unspecified atom stereocenters. The molecule has 0 fully saturated rings. The van der Waals surface area contributed by atoms with Gasteiger partial charge in [-0.15, -0.1) is 0 Å². The van der Waals surface area contributed by atoms with Gasteiger partial charge in [0.05, 0.1) is 35.3 Å². The molecule has 0 saturated carbocycles. The van der Waals surface area contributed by atoms with Gasteiger partial charge in [0.15, 0.2) is 5.78 Å². The Morgan fingerprint density at radius 2 is 1.94 bits per heavy atom. The first-order valence-corrected chi connectivity index (χ1v) is 10.5. The lowest BCUT2D eigenvalue weighted by atomic mass is 9.68. The summed E-state index contributed by atoms with van der Waals surface area (Å²) in [7, 11) is 1.55. The number of ether oxygens (including phenoxy) is 1. The maximum atomic E-state index is 13.5. The number of methoxy groups -OCH3 is 1. The van der Waals surface area contributed by atoms with E-state index in [9.17, 15) is 20.2 Å². The second kappa shape index (κ2) is 8.10. The molecule has 2 N–H and O–H groups in total. The Kier molecular flexibility index (Phi) is 5.42. The standard InChI is InChI=1S/C25H24N4O4/c1-25(2)12-20-23(21(30)13-25)22(15-6-4-9-18(10-15)33-3)19(14-26)24(27)28(20)16-7-5-8-17(11-16)29(31)32/h4-11,22H,12-13,27H2,1-3H3/t22-/m1/s1. The Hall–Kier alpha value is -4.12. The zero-order chi connectivity index (χ0) is 23.9. The third-order valence-corrected chi connectivity index (χ3v) is 6.11. The summed E-state index contributed by atoms with van der Waals surface area (Å²) in [6.45, 7) is 4.00.